The van der Waals surface area contributed by atoms with Crippen molar-refractivity contribution in [2.24, 2.45) is 5.84 Å². The summed E-state index contributed by atoms with van der Waals surface area (Å²) >= 11 is 0. The van der Waals surface area contributed by atoms with E-state index in [4.69, 9.17) is 10.8 Å². The number of nitrogen functional groups attached to an aromatic ring is 1. The summed E-state index contributed by atoms with van der Waals surface area (Å²) in [4.78, 5) is 4.70. The lowest BCUT2D eigenvalue weighted by molar-refractivity contribution is 0.661. The molecular weight excluding hydrogens is 214 g/mol. The van der Waals surface area contributed by atoms with Crippen LogP contribution < -0.4 is 11.3 Å². The van der Waals surface area contributed by atoms with Gasteiger partial charge in [0, 0.05) is 17.3 Å². The van der Waals surface area contributed by atoms with Crippen molar-refractivity contribution >= 4 is 11.5 Å². The Labute approximate surface area is 100 Å². The van der Waals surface area contributed by atoms with Crippen LogP contribution in [0.2, 0.25) is 0 Å². The van der Waals surface area contributed by atoms with Gasteiger partial charge in [0.25, 0.3) is 0 Å². The lowest BCUT2D eigenvalue weighted by Gasteiger charge is -2.18. The number of aromatic nitrogens is 3. The molecule has 17 heavy (non-hydrogen) atoms. The minimum atomic E-state index is 0.899. The molecule has 1 aliphatic rings. The monoisotopic (exact) mass is 231 g/mol. The molecule has 0 saturated carbocycles. The Morgan fingerprint density at radius 1 is 1.41 bits per heavy atom. The first-order valence-corrected chi connectivity index (χ1v) is 6.20. The average Bonchev–Trinajstić information content (AvgIpc) is 2.78. The number of hydrazine groups is 1. The van der Waals surface area contributed by atoms with Crippen molar-refractivity contribution in [2.75, 3.05) is 5.43 Å². The zero-order valence-corrected chi connectivity index (χ0v) is 10.0. The van der Waals surface area contributed by atoms with Crippen molar-refractivity contribution < 1.29 is 0 Å². The minimum Gasteiger partial charge on any atom is -0.308 e. The first kappa shape index (κ1) is 10.5. The zero-order chi connectivity index (χ0) is 11.8. The molecule has 0 radical (unpaired) electrons. The highest BCUT2D eigenvalue weighted by Crippen LogP contribution is 2.27. The Kier molecular flexibility index (Phi) is 2.48. The van der Waals surface area contributed by atoms with E-state index < -0.39 is 0 Å². The van der Waals surface area contributed by atoms with Crippen LogP contribution in [0.15, 0.2) is 6.07 Å². The fourth-order valence-electron chi connectivity index (χ4n) is 2.52. The average molecular weight is 231 g/mol. The Balaban J connectivity index is 2.29. The van der Waals surface area contributed by atoms with Gasteiger partial charge in [-0.25, -0.2) is 10.8 Å². The van der Waals surface area contributed by atoms with Crippen LogP contribution in [0.1, 0.15) is 36.7 Å². The van der Waals surface area contributed by atoms with Crippen molar-refractivity contribution in [2.45, 2.75) is 39.0 Å². The van der Waals surface area contributed by atoms with E-state index in [1.54, 1.807) is 0 Å². The highest BCUT2D eigenvalue weighted by Gasteiger charge is 2.18. The van der Waals surface area contributed by atoms with Gasteiger partial charge >= 0.3 is 0 Å². The number of hydrogen-bond acceptors (Lipinski definition) is 4. The standard InChI is InChI=1S/C12H17N5/c1-2-8-7-11-14-10-6-4-3-5-9(10)12(15-13)17(11)16-8/h7,15H,2-6,13H2,1H3. The summed E-state index contributed by atoms with van der Waals surface area (Å²) in [6, 6.07) is 2.04. The smallest absolute Gasteiger partial charge is 0.157 e. The van der Waals surface area contributed by atoms with E-state index in [1.165, 1.54) is 24.1 Å². The zero-order valence-electron chi connectivity index (χ0n) is 10.0. The highest BCUT2D eigenvalue weighted by atomic mass is 15.4. The minimum absolute atomic E-state index is 0.899. The molecular formula is C12H17N5. The molecule has 0 atom stereocenters. The Hall–Kier alpha value is -1.62. The molecule has 2 heterocycles. The molecule has 3 rings (SSSR count). The van der Waals surface area contributed by atoms with Crippen molar-refractivity contribution in [3.8, 4) is 0 Å². The van der Waals surface area contributed by atoms with Crippen molar-refractivity contribution in [3.63, 3.8) is 0 Å². The third-order valence-corrected chi connectivity index (χ3v) is 3.43. The normalized spacial score (nSPS) is 14.9. The predicted octanol–water partition coefficient (Wildman–Crippen LogP) is 1.46. The van der Waals surface area contributed by atoms with Crippen LogP contribution in [-0.2, 0) is 19.3 Å². The van der Waals surface area contributed by atoms with Gasteiger partial charge in [0.05, 0.1) is 5.69 Å². The molecule has 90 valence electrons. The van der Waals surface area contributed by atoms with Crippen LogP contribution in [0, 0.1) is 0 Å². The van der Waals surface area contributed by atoms with Gasteiger partial charge in [-0.15, -0.1) is 0 Å². The van der Waals surface area contributed by atoms with Crippen LogP contribution in [-0.4, -0.2) is 14.6 Å². The van der Waals surface area contributed by atoms with Gasteiger partial charge in [0.2, 0.25) is 0 Å². The summed E-state index contributed by atoms with van der Waals surface area (Å²) < 4.78 is 1.84. The number of nitrogens with zero attached hydrogens (tertiary/aromatic N) is 3. The maximum atomic E-state index is 5.65. The Bertz CT molecular complexity index is 558. The van der Waals surface area contributed by atoms with Crippen LogP contribution in [0.5, 0.6) is 0 Å². The summed E-state index contributed by atoms with van der Waals surface area (Å²) in [5.41, 5.74) is 7.16. The largest absolute Gasteiger partial charge is 0.308 e. The lowest BCUT2D eigenvalue weighted by Crippen LogP contribution is -2.18. The van der Waals surface area contributed by atoms with Crippen molar-refractivity contribution in [1.82, 2.24) is 14.6 Å². The van der Waals surface area contributed by atoms with Crippen LogP contribution in [0.25, 0.3) is 5.65 Å². The molecule has 2 aromatic heterocycles. The van der Waals surface area contributed by atoms with Gasteiger partial charge in [-0.2, -0.15) is 9.61 Å². The second kappa shape index (κ2) is 4.00. The van der Waals surface area contributed by atoms with E-state index in [-0.39, 0.29) is 0 Å². The van der Waals surface area contributed by atoms with E-state index in [1.807, 2.05) is 10.6 Å². The maximum Gasteiger partial charge on any atom is 0.157 e. The van der Waals surface area contributed by atoms with E-state index >= 15 is 0 Å². The number of anilines is 1. The number of nitrogens with two attached hydrogens (primary N) is 1. The Morgan fingerprint density at radius 3 is 3.00 bits per heavy atom. The second-order valence-electron chi connectivity index (χ2n) is 4.50. The molecule has 5 nitrogen and oxygen atoms in total. The van der Waals surface area contributed by atoms with Gasteiger partial charge in [-0.1, -0.05) is 6.92 Å². The van der Waals surface area contributed by atoms with Crippen LogP contribution in [0.3, 0.4) is 0 Å². The summed E-state index contributed by atoms with van der Waals surface area (Å²) in [5.74, 6) is 6.56. The lowest BCUT2D eigenvalue weighted by atomic mass is 9.96. The molecule has 5 heteroatoms. The summed E-state index contributed by atoms with van der Waals surface area (Å²) in [5, 5.41) is 4.52. The van der Waals surface area contributed by atoms with E-state index in [0.29, 0.717) is 0 Å². The van der Waals surface area contributed by atoms with Gasteiger partial charge < -0.3 is 5.43 Å². The van der Waals surface area contributed by atoms with E-state index in [0.717, 1.165) is 36.4 Å². The summed E-state index contributed by atoms with van der Waals surface area (Å²) in [7, 11) is 0. The topological polar surface area (TPSA) is 68.2 Å². The third kappa shape index (κ3) is 1.58. The van der Waals surface area contributed by atoms with Crippen molar-refractivity contribution in [3.05, 3.63) is 23.0 Å². The SMILES string of the molecule is CCc1cc2nc3c(c(NN)n2n1)CCCC3. The quantitative estimate of drug-likeness (QED) is 0.606. The van der Waals surface area contributed by atoms with Crippen LogP contribution in [0.4, 0.5) is 5.82 Å². The van der Waals surface area contributed by atoms with E-state index in [9.17, 15) is 0 Å². The first-order chi connectivity index (χ1) is 8.33. The molecule has 0 saturated heterocycles. The molecule has 0 unspecified atom stereocenters. The summed E-state index contributed by atoms with van der Waals surface area (Å²) in [6.07, 6.45) is 5.43. The summed E-state index contributed by atoms with van der Waals surface area (Å²) in [6.45, 7) is 2.09. The number of hydrogen-bond donors (Lipinski definition) is 2. The molecule has 1 aliphatic carbocycles. The first-order valence-electron chi connectivity index (χ1n) is 6.20. The fraction of sp³-hybridized carbons (Fsp3) is 0.500. The van der Waals surface area contributed by atoms with Gasteiger partial charge in [0.15, 0.2) is 5.65 Å². The third-order valence-electron chi connectivity index (χ3n) is 3.43. The number of fused-ring (bicyclic) bond motifs is 2. The maximum absolute atomic E-state index is 5.65. The molecule has 0 fully saturated rings. The molecule has 3 N–H and O–H groups in total. The van der Waals surface area contributed by atoms with Gasteiger partial charge in [0.1, 0.15) is 5.82 Å². The van der Waals surface area contributed by atoms with Gasteiger partial charge in [-0.3, -0.25) is 0 Å². The van der Waals surface area contributed by atoms with E-state index in [2.05, 4.69) is 17.4 Å². The highest BCUT2D eigenvalue weighted by molar-refractivity contribution is 5.56. The molecule has 0 aliphatic heterocycles. The fourth-order valence-corrected chi connectivity index (χ4v) is 2.52. The predicted molar refractivity (Wildman–Crippen MR) is 66.8 cm³/mol. The second-order valence-corrected chi connectivity index (χ2v) is 4.50. The van der Waals surface area contributed by atoms with Crippen LogP contribution >= 0.6 is 0 Å². The molecule has 0 spiro atoms. The number of nitrogens with one attached hydrogen (secondary N) is 1. The van der Waals surface area contributed by atoms with Gasteiger partial charge in [-0.05, 0) is 32.1 Å². The Morgan fingerprint density at radius 2 is 2.24 bits per heavy atom. The number of rotatable bonds is 2. The molecule has 0 amide bonds. The molecule has 0 bridgehead atoms. The number of aryl methyl sites for hydroxylation is 2. The molecule has 0 aromatic carbocycles. The van der Waals surface area contributed by atoms with Crippen molar-refractivity contribution in [1.29, 1.82) is 0 Å². The molecule has 2 aromatic rings.